The number of alkyl carbamates (subject to hydrolysis) is 1. The Labute approximate surface area is 287 Å². The molecule has 0 saturated carbocycles. The first-order valence-electron chi connectivity index (χ1n) is 15.4. The fraction of sp³-hybridized carbons (Fsp3) is 0.412. The molecule has 0 radical (unpaired) electrons. The quantitative estimate of drug-likeness (QED) is 0.151. The minimum atomic E-state index is -1.61. The second-order valence-corrected chi connectivity index (χ2v) is 13.6. The number of halogens is 2. The molecule has 2 aromatic carbocycles. The maximum atomic E-state index is 14.0. The zero-order chi connectivity index (χ0) is 36.1. The summed E-state index contributed by atoms with van der Waals surface area (Å²) in [5.74, 6) is -0.201. The van der Waals surface area contributed by atoms with E-state index in [-0.39, 0.29) is 42.5 Å². The lowest BCUT2D eigenvalue weighted by Gasteiger charge is -2.31. The lowest BCUT2D eigenvalue weighted by atomic mass is 9.87. The van der Waals surface area contributed by atoms with Crippen LogP contribution in [0.3, 0.4) is 0 Å². The lowest BCUT2D eigenvalue weighted by molar-refractivity contribution is 0.0394. The van der Waals surface area contributed by atoms with Gasteiger partial charge in [-0.3, -0.25) is 4.79 Å². The van der Waals surface area contributed by atoms with Crippen LogP contribution in [0.2, 0.25) is 5.02 Å². The molecule has 0 bridgehead atoms. The van der Waals surface area contributed by atoms with Crippen LogP contribution in [0.25, 0.3) is 11.3 Å². The van der Waals surface area contributed by atoms with Gasteiger partial charge >= 0.3 is 11.8 Å². The Bertz CT molecular complexity index is 1880. The van der Waals surface area contributed by atoms with Crippen molar-refractivity contribution in [1.82, 2.24) is 30.5 Å². The third-order valence-electron chi connectivity index (χ3n) is 7.55. The standard InChI is InChI=1S/C34H40ClFN6O7/c1-32(2,3)49-31(45)38-33(4,5)22-18-25(20-8-10-24(36)23(35)16-20)37-29(19-22)34(6,46)13-12-26(43)21-9-11-27(28(17-21)47-7)48-15-14-42-30(44)39-40-41-42/h8-11,16-19,46H,12-15H2,1-7H3,(H,38,45)(H,39,41,44). The molecule has 4 aromatic rings. The van der Waals surface area contributed by atoms with Gasteiger partial charge in [0.2, 0.25) is 0 Å². The van der Waals surface area contributed by atoms with Gasteiger partial charge < -0.3 is 24.6 Å². The number of hydrogen-bond donors (Lipinski definition) is 3. The molecule has 13 nitrogen and oxygen atoms in total. The number of hydrogen-bond acceptors (Lipinski definition) is 10. The number of amides is 1. The maximum absolute atomic E-state index is 14.0. The average molecular weight is 699 g/mol. The molecule has 1 atom stereocenters. The molecule has 0 aliphatic heterocycles. The highest BCUT2D eigenvalue weighted by atomic mass is 35.5. The summed E-state index contributed by atoms with van der Waals surface area (Å²) in [5.41, 5.74) is -1.84. The van der Waals surface area contributed by atoms with Gasteiger partial charge in [0.15, 0.2) is 17.3 Å². The molecule has 0 spiro atoms. The second-order valence-electron chi connectivity index (χ2n) is 13.1. The number of benzene rings is 2. The van der Waals surface area contributed by atoms with Gasteiger partial charge in [0.05, 0.1) is 35.6 Å². The lowest BCUT2D eigenvalue weighted by Crippen LogP contribution is -2.44. The Morgan fingerprint density at radius 3 is 2.41 bits per heavy atom. The molecule has 0 aliphatic rings. The van der Waals surface area contributed by atoms with E-state index in [1.807, 2.05) is 0 Å². The average Bonchev–Trinajstić information content (AvgIpc) is 3.44. The number of Topliss-reactive ketones (excluding diaryl/α,β-unsaturated/α-hetero) is 1. The van der Waals surface area contributed by atoms with Crippen LogP contribution in [-0.4, -0.2) is 61.5 Å². The van der Waals surface area contributed by atoms with E-state index in [1.165, 1.54) is 31.4 Å². The van der Waals surface area contributed by atoms with E-state index in [0.717, 1.165) is 4.68 Å². The number of nitrogens with one attached hydrogen (secondary N) is 2. The van der Waals surface area contributed by atoms with Crippen LogP contribution < -0.4 is 20.5 Å². The summed E-state index contributed by atoms with van der Waals surface area (Å²) >= 11 is 6.08. The fourth-order valence-corrected chi connectivity index (χ4v) is 4.98. The van der Waals surface area contributed by atoms with Crippen LogP contribution in [0, 0.1) is 5.82 Å². The highest BCUT2D eigenvalue weighted by Crippen LogP contribution is 2.34. The molecule has 3 N–H and O–H groups in total. The van der Waals surface area contributed by atoms with Crippen LogP contribution >= 0.6 is 11.6 Å². The molecular weight excluding hydrogens is 659 g/mol. The second kappa shape index (κ2) is 14.7. The number of carbonyl (C=O) groups is 2. The Hall–Kier alpha value is -4.82. The number of tetrazole rings is 1. The minimum Gasteiger partial charge on any atom is -0.493 e. The first-order chi connectivity index (χ1) is 22.9. The summed E-state index contributed by atoms with van der Waals surface area (Å²) in [4.78, 5) is 42.3. The van der Waals surface area contributed by atoms with Crippen molar-refractivity contribution >= 4 is 23.5 Å². The van der Waals surface area contributed by atoms with Gasteiger partial charge in [0.25, 0.3) is 0 Å². The van der Waals surface area contributed by atoms with Crippen molar-refractivity contribution in [1.29, 1.82) is 0 Å². The van der Waals surface area contributed by atoms with E-state index >= 15 is 0 Å². The third kappa shape index (κ3) is 9.63. The predicted molar refractivity (Wildman–Crippen MR) is 179 cm³/mol. The number of ketones is 1. The van der Waals surface area contributed by atoms with Crippen LogP contribution in [0.15, 0.2) is 53.3 Å². The molecule has 0 saturated heterocycles. The van der Waals surface area contributed by atoms with E-state index in [2.05, 4.69) is 25.8 Å². The number of methoxy groups -OCH3 is 1. The summed E-state index contributed by atoms with van der Waals surface area (Å²) < 4.78 is 31.7. The van der Waals surface area contributed by atoms with Crippen LogP contribution in [0.4, 0.5) is 9.18 Å². The first kappa shape index (κ1) is 37.0. The summed E-state index contributed by atoms with van der Waals surface area (Å²) in [7, 11) is 1.44. The molecule has 1 amide bonds. The van der Waals surface area contributed by atoms with Gasteiger partial charge in [0, 0.05) is 17.5 Å². The zero-order valence-corrected chi connectivity index (χ0v) is 29.1. The highest BCUT2D eigenvalue weighted by molar-refractivity contribution is 6.31. The summed E-state index contributed by atoms with van der Waals surface area (Å²) in [6.45, 7) is 10.6. The number of H-pyrrole nitrogens is 1. The van der Waals surface area contributed by atoms with Crippen molar-refractivity contribution in [3.05, 3.63) is 86.7 Å². The number of carbonyl (C=O) groups excluding carboxylic acids is 2. The molecule has 262 valence electrons. The Morgan fingerprint density at radius 2 is 1.78 bits per heavy atom. The van der Waals surface area contributed by atoms with Crippen molar-refractivity contribution in [3.8, 4) is 22.8 Å². The van der Waals surface area contributed by atoms with E-state index < -0.39 is 34.3 Å². The number of pyridine rings is 1. The summed E-state index contributed by atoms with van der Waals surface area (Å²) in [5, 5.41) is 23.7. The van der Waals surface area contributed by atoms with Crippen molar-refractivity contribution in [2.75, 3.05) is 13.7 Å². The van der Waals surface area contributed by atoms with Crippen LogP contribution in [0.5, 0.6) is 11.5 Å². The Kier molecular flexibility index (Phi) is 11.1. The Morgan fingerprint density at radius 1 is 1.04 bits per heavy atom. The molecule has 1 unspecified atom stereocenters. The van der Waals surface area contributed by atoms with Gasteiger partial charge in [-0.05, 0) is 112 Å². The van der Waals surface area contributed by atoms with Crippen LogP contribution in [0.1, 0.15) is 76.0 Å². The molecule has 4 rings (SSSR count). The zero-order valence-electron chi connectivity index (χ0n) is 28.4. The normalized spacial score (nSPS) is 13.0. The van der Waals surface area contributed by atoms with Gasteiger partial charge in [-0.2, -0.15) is 4.68 Å². The largest absolute Gasteiger partial charge is 0.493 e. The SMILES string of the molecule is COc1cc(C(=O)CCC(C)(O)c2cc(C(C)(C)NC(=O)OC(C)(C)C)cc(-c3ccc(F)c(Cl)c3)n2)ccc1OCCn1nn[nH]c1=O. The van der Waals surface area contributed by atoms with Gasteiger partial charge in [-0.25, -0.2) is 24.1 Å². The van der Waals surface area contributed by atoms with Crippen molar-refractivity contribution < 1.29 is 33.3 Å². The van der Waals surface area contributed by atoms with Crippen LogP contribution in [-0.2, 0) is 22.4 Å². The molecule has 0 fully saturated rings. The monoisotopic (exact) mass is 698 g/mol. The van der Waals surface area contributed by atoms with Gasteiger partial charge in [-0.1, -0.05) is 11.6 Å². The Balaban J connectivity index is 1.56. The summed E-state index contributed by atoms with van der Waals surface area (Å²) in [6.07, 6.45) is -0.718. The smallest absolute Gasteiger partial charge is 0.408 e. The molecular formula is C34H40ClFN6O7. The van der Waals surface area contributed by atoms with Gasteiger partial charge in [0.1, 0.15) is 23.6 Å². The molecule has 15 heteroatoms. The summed E-state index contributed by atoms with van der Waals surface area (Å²) in [6, 6.07) is 12.2. The topological polar surface area (TPSA) is 171 Å². The van der Waals surface area contributed by atoms with E-state index in [1.54, 1.807) is 65.8 Å². The van der Waals surface area contributed by atoms with E-state index in [9.17, 15) is 23.9 Å². The van der Waals surface area contributed by atoms with Crippen molar-refractivity contribution in [2.24, 2.45) is 0 Å². The van der Waals surface area contributed by atoms with E-state index in [4.69, 9.17) is 25.8 Å². The molecule has 2 heterocycles. The number of aliphatic hydroxyl groups is 1. The first-order valence-corrected chi connectivity index (χ1v) is 15.8. The maximum Gasteiger partial charge on any atom is 0.408 e. The molecule has 0 aliphatic carbocycles. The van der Waals surface area contributed by atoms with E-state index in [0.29, 0.717) is 33.9 Å². The number of rotatable bonds is 13. The fourth-order valence-electron chi connectivity index (χ4n) is 4.80. The van der Waals surface area contributed by atoms with Crippen molar-refractivity contribution in [3.63, 3.8) is 0 Å². The number of aromatic nitrogens is 5. The molecule has 49 heavy (non-hydrogen) atoms. The van der Waals surface area contributed by atoms with Crippen molar-refractivity contribution in [2.45, 2.75) is 77.7 Å². The van der Waals surface area contributed by atoms with Gasteiger partial charge in [-0.15, -0.1) is 0 Å². The number of ether oxygens (including phenoxy) is 3. The minimum absolute atomic E-state index is 0.0150. The number of nitrogens with zero attached hydrogens (tertiary/aromatic N) is 4. The predicted octanol–water partition coefficient (Wildman–Crippen LogP) is 5.54. The highest BCUT2D eigenvalue weighted by Gasteiger charge is 2.32. The number of aromatic amines is 1. The molecule has 2 aromatic heterocycles. The third-order valence-corrected chi connectivity index (χ3v) is 7.84.